The van der Waals surface area contributed by atoms with E-state index in [-0.39, 0.29) is 5.91 Å². The zero-order valence-electron chi connectivity index (χ0n) is 15.9. The summed E-state index contributed by atoms with van der Waals surface area (Å²) in [6, 6.07) is 21.4. The molecule has 3 aromatic rings. The summed E-state index contributed by atoms with van der Waals surface area (Å²) in [5, 5.41) is 2.90. The van der Waals surface area contributed by atoms with Gasteiger partial charge in [0, 0.05) is 30.4 Å². The molecular formula is C23H22N2O3. The molecule has 0 atom stereocenters. The van der Waals surface area contributed by atoms with Crippen LogP contribution in [-0.2, 0) is 13.1 Å². The highest BCUT2D eigenvalue weighted by atomic mass is 16.5. The zero-order valence-corrected chi connectivity index (χ0v) is 15.9. The minimum absolute atomic E-state index is 0.192. The molecule has 5 nitrogen and oxygen atoms in total. The van der Waals surface area contributed by atoms with E-state index in [0.29, 0.717) is 22.7 Å². The molecule has 4 rings (SSSR count). The summed E-state index contributed by atoms with van der Waals surface area (Å²) in [4.78, 5) is 15.0. The zero-order chi connectivity index (χ0) is 19.5. The number of rotatable bonds is 5. The summed E-state index contributed by atoms with van der Waals surface area (Å²) >= 11 is 0. The van der Waals surface area contributed by atoms with Crippen LogP contribution in [0.1, 0.15) is 21.5 Å². The van der Waals surface area contributed by atoms with Crippen LogP contribution >= 0.6 is 0 Å². The van der Waals surface area contributed by atoms with E-state index < -0.39 is 0 Å². The molecule has 28 heavy (non-hydrogen) atoms. The number of anilines is 2. The van der Waals surface area contributed by atoms with Gasteiger partial charge >= 0.3 is 0 Å². The minimum Gasteiger partial charge on any atom is -0.497 e. The fraction of sp³-hybridized carbons (Fsp3) is 0.174. The molecule has 1 amide bonds. The number of carbonyl (C=O) groups is 1. The van der Waals surface area contributed by atoms with Gasteiger partial charge in [0.15, 0.2) is 0 Å². The van der Waals surface area contributed by atoms with Crippen molar-refractivity contribution < 1.29 is 14.3 Å². The topological polar surface area (TPSA) is 50.8 Å². The molecule has 0 aliphatic carbocycles. The summed E-state index contributed by atoms with van der Waals surface area (Å²) in [5.74, 6) is 1.04. The Labute approximate surface area is 164 Å². The average molecular weight is 374 g/mol. The lowest BCUT2D eigenvalue weighted by atomic mass is 10.1. The molecule has 0 saturated heterocycles. The summed E-state index contributed by atoms with van der Waals surface area (Å²) in [7, 11) is 3.16. The Kier molecular flexibility index (Phi) is 4.89. The monoisotopic (exact) mass is 374 g/mol. The highest BCUT2D eigenvalue weighted by Crippen LogP contribution is 2.30. The molecule has 1 heterocycles. The second kappa shape index (κ2) is 7.64. The minimum atomic E-state index is -0.192. The van der Waals surface area contributed by atoms with E-state index >= 15 is 0 Å². The lowest BCUT2D eigenvalue weighted by Gasteiger charge is -2.18. The van der Waals surface area contributed by atoms with Crippen molar-refractivity contribution in [2.24, 2.45) is 0 Å². The third kappa shape index (κ3) is 3.51. The molecule has 0 saturated carbocycles. The van der Waals surface area contributed by atoms with Gasteiger partial charge in [0.1, 0.15) is 11.5 Å². The van der Waals surface area contributed by atoms with Crippen molar-refractivity contribution in [3.05, 3.63) is 83.4 Å². The van der Waals surface area contributed by atoms with Crippen molar-refractivity contribution in [1.29, 1.82) is 0 Å². The lowest BCUT2D eigenvalue weighted by molar-refractivity contribution is 0.102. The maximum Gasteiger partial charge on any atom is 0.255 e. The van der Waals surface area contributed by atoms with E-state index in [0.717, 1.165) is 18.8 Å². The maximum atomic E-state index is 12.7. The second-order valence-electron chi connectivity index (χ2n) is 6.69. The molecule has 0 fully saturated rings. The van der Waals surface area contributed by atoms with E-state index in [1.54, 1.807) is 32.4 Å². The molecule has 1 aliphatic heterocycles. The van der Waals surface area contributed by atoms with Crippen molar-refractivity contribution >= 4 is 17.3 Å². The number of nitrogens with zero attached hydrogens (tertiary/aromatic N) is 1. The van der Waals surface area contributed by atoms with Crippen molar-refractivity contribution in [3.8, 4) is 11.5 Å². The largest absolute Gasteiger partial charge is 0.497 e. The van der Waals surface area contributed by atoms with Gasteiger partial charge in [-0.3, -0.25) is 4.79 Å². The van der Waals surface area contributed by atoms with Crippen LogP contribution in [0.5, 0.6) is 11.5 Å². The number of methoxy groups -OCH3 is 2. The number of carbonyl (C=O) groups excluding carboxylic acids is 1. The molecule has 3 aromatic carbocycles. The standard InChI is InChI=1S/C23H22N2O3/c1-27-20-11-12-22(28-2)21(13-20)24-23(26)16-7-9-19(10-8-16)25-14-17-5-3-4-6-18(17)15-25/h3-13H,14-15H2,1-2H3,(H,24,26). The van der Waals surface area contributed by atoms with E-state index in [4.69, 9.17) is 9.47 Å². The second-order valence-corrected chi connectivity index (χ2v) is 6.69. The maximum absolute atomic E-state index is 12.7. The third-order valence-electron chi connectivity index (χ3n) is 4.99. The molecule has 0 aromatic heterocycles. The van der Waals surface area contributed by atoms with Gasteiger partial charge in [-0.25, -0.2) is 0 Å². The summed E-state index contributed by atoms with van der Waals surface area (Å²) in [5.41, 5.74) is 4.98. The van der Waals surface area contributed by atoms with Gasteiger partial charge in [0.05, 0.1) is 19.9 Å². The Bertz CT molecular complexity index is 974. The van der Waals surface area contributed by atoms with E-state index in [9.17, 15) is 4.79 Å². The first-order chi connectivity index (χ1) is 13.7. The van der Waals surface area contributed by atoms with E-state index in [2.05, 4.69) is 34.5 Å². The third-order valence-corrected chi connectivity index (χ3v) is 4.99. The first-order valence-corrected chi connectivity index (χ1v) is 9.13. The fourth-order valence-corrected chi connectivity index (χ4v) is 3.45. The molecule has 0 bridgehead atoms. The number of benzene rings is 3. The van der Waals surface area contributed by atoms with Crippen molar-refractivity contribution in [2.45, 2.75) is 13.1 Å². The molecular weight excluding hydrogens is 352 g/mol. The van der Waals surface area contributed by atoms with Crippen LogP contribution in [-0.4, -0.2) is 20.1 Å². The first kappa shape index (κ1) is 17.9. The molecule has 1 aliphatic rings. The van der Waals surface area contributed by atoms with Crippen LogP contribution in [0.15, 0.2) is 66.7 Å². The van der Waals surface area contributed by atoms with Crippen LogP contribution in [0.25, 0.3) is 0 Å². The van der Waals surface area contributed by atoms with Crippen molar-refractivity contribution in [3.63, 3.8) is 0 Å². The fourth-order valence-electron chi connectivity index (χ4n) is 3.45. The van der Waals surface area contributed by atoms with Crippen LogP contribution in [0.2, 0.25) is 0 Å². The Hall–Kier alpha value is -3.47. The van der Waals surface area contributed by atoms with E-state index in [1.807, 2.05) is 24.3 Å². The number of amides is 1. The number of hydrogen-bond acceptors (Lipinski definition) is 4. The normalized spacial score (nSPS) is 12.4. The average Bonchev–Trinajstić information content (AvgIpc) is 3.18. The predicted octanol–water partition coefficient (Wildman–Crippen LogP) is 4.48. The highest BCUT2D eigenvalue weighted by Gasteiger charge is 2.19. The van der Waals surface area contributed by atoms with Crippen LogP contribution in [0.4, 0.5) is 11.4 Å². The Balaban J connectivity index is 1.48. The van der Waals surface area contributed by atoms with Crippen molar-refractivity contribution in [1.82, 2.24) is 0 Å². The molecule has 1 N–H and O–H groups in total. The number of hydrogen-bond donors (Lipinski definition) is 1. The summed E-state index contributed by atoms with van der Waals surface area (Å²) in [6.45, 7) is 1.78. The Morgan fingerprint density at radius 2 is 1.57 bits per heavy atom. The number of nitrogens with one attached hydrogen (secondary N) is 1. The molecule has 0 radical (unpaired) electrons. The molecule has 0 unspecified atom stereocenters. The van der Waals surface area contributed by atoms with Gasteiger partial charge in [0.2, 0.25) is 0 Å². The van der Waals surface area contributed by atoms with Gasteiger partial charge in [0.25, 0.3) is 5.91 Å². The Morgan fingerprint density at radius 1 is 0.893 bits per heavy atom. The smallest absolute Gasteiger partial charge is 0.255 e. The number of ether oxygens (including phenoxy) is 2. The van der Waals surface area contributed by atoms with Crippen LogP contribution in [0, 0.1) is 0 Å². The van der Waals surface area contributed by atoms with Crippen LogP contribution in [0.3, 0.4) is 0 Å². The van der Waals surface area contributed by atoms with E-state index in [1.165, 1.54) is 11.1 Å². The first-order valence-electron chi connectivity index (χ1n) is 9.13. The molecule has 5 heteroatoms. The highest BCUT2D eigenvalue weighted by molar-refractivity contribution is 6.05. The van der Waals surface area contributed by atoms with Gasteiger partial charge in [-0.1, -0.05) is 24.3 Å². The Morgan fingerprint density at radius 3 is 2.18 bits per heavy atom. The number of fused-ring (bicyclic) bond motifs is 1. The SMILES string of the molecule is COc1ccc(OC)c(NC(=O)c2ccc(N3Cc4ccccc4C3)cc2)c1. The molecule has 0 spiro atoms. The lowest BCUT2D eigenvalue weighted by Crippen LogP contribution is -2.16. The van der Waals surface area contributed by atoms with Gasteiger partial charge in [-0.15, -0.1) is 0 Å². The molecule has 142 valence electrons. The predicted molar refractivity (Wildman–Crippen MR) is 110 cm³/mol. The van der Waals surface area contributed by atoms with Gasteiger partial charge in [-0.2, -0.15) is 0 Å². The summed E-state index contributed by atoms with van der Waals surface area (Å²) < 4.78 is 10.6. The van der Waals surface area contributed by atoms with Gasteiger partial charge < -0.3 is 19.7 Å². The van der Waals surface area contributed by atoms with Gasteiger partial charge in [-0.05, 0) is 47.5 Å². The quantitative estimate of drug-likeness (QED) is 0.716. The summed E-state index contributed by atoms with van der Waals surface area (Å²) in [6.07, 6.45) is 0. The van der Waals surface area contributed by atoms with Crippen LogP contribution < -0.4 is 19.7 Å². The van der Waals surface area contributed by atoms with Crippen molar-refractivity contribution in [2.75, 3.05) is 24.4 Å².